The fourth-order valence-corrected chi connectivity index (χ4v) is 2.20. The van der Waals surface area contributed by atoms with Gasteiger partial charge in [0.15, 0.2) is 0 Å². The van der Waals surface area contributed by atoms with Crippen LogP contribution < -0.4 is 0 Å². The zero-order valence-corrected chi connectivity index (χ0v) is 12.2. The number of aromatic nitrogens is 2. The Morgan fingerprint density at radius 2 is 2.11 bits per heavy atom. The lowest BCUT2D eigenvalue weighted by Crippen LogP contribution is -2.20. The quantitative estimate of drug-likeness (QED) is 0.741. The van der Waals surface area contributed by atoms with Crippen LogP contribution in [0.5, 0.6) is 0 Å². The van der Waals surface area contributed by atoms with Gasteiger partial charge in [-0.3, -0.25) is 4.68 Å². The zero-order valence-electron chi connectivity index (χ0n) is 11.4. The number of aliphatic hydroxyl groups is 1. The molecule has 0 aromatic carbocycles. The molecule has 0 saturated heterocycles. The topological polar surface area (TPSA) is 47.3 Å². The van der Waals surface area contributed by atoms with Crippen LogP contribution in [0.1, 0.15) is 38.6 Å². The number of hydrogen-bond donors (Lipinski definition) is 1. The standard InChI is InChI=1S/C13H23ClN2O2/c1-4-7-18-9-10(17)8-12-13(14)11(5-2)15-16(12)6-3/h10,17H,4-9H2,1-3H3. The molecule has 1 N–H and O–H groups in total. The third-order valence-electron chi connectivity index (χ3n) is 2.78. The summed E-state index contributed by atoms with van der Waals surface area (Å²) in [7, 11) is 0. The molecular weight excluding hydrogens is 252 g/mol. The maximum atomic E-state index is 9.93. The Labute approximate surface area is 114 Å². The summed E-state index contributed by atoms with van der Waals surface area (Å²) in [6, 6.07) is 0. The first kappa shape index (κ1) is 15.5. The van der Waals surface area contributed by atoms with Gasteiger partial charge in [0, 0.05) is 19.6 Å². The third-order valence-corrected chi connectivity index (χ3v) is 3.22. The Hall–Kier alpha value is -0.580. The Morgan fingerprint density at radius 3 is 2.67 bits per heavy atom. The van der Waals surface area contributed by atoms with Gasteiger partial charge in [0.1, 0.15) is 0 Å². The van der Waals surface area contributed by atoms with Crippen LogP contribution in [0.4, 0.5) is 0 Å². The van der Waals surface area contributed by atoms with E-state index >= 15 is 0 Å². The zero-order chi connectivity index (χ0) is 13.5. The second kappa shape index (κ2) is 7.77. The highest BCUT2D eigenvalue weighted by molar-refractivity contribution is 6.31. The summed E-state index contributed by atoms with van der Waals surface area (Å²) in [6.45, 7) is 7.88. The first-order chi connectivity index (χ1) is 8.63. The molecule has 104 valence electrons. The van der Waals surface area contributed by atoms with Crippen molar-refractivity contribution in [3.8, 4) is 0 Å². The Morgan fingerprint density at radius 1 is 1.39 bits per heavy atom. The van der Waals surface area contributed by atoms with Crippen molar-refractivity contribution in [2.45, 2.75) is 52.7 Å². The summed E-state index contributed by atoms with van der Waals surface area (Å²) in [6.07, 6.45) is 1.73. The van der Waals surface area contributed by atoms with Crippen molar-refractivity contribution < 1.29 is 9.84 Å². The molecule has 1 unspecified atom stereocenters. The van der Waals surface area contributed by atoms with E-state index in [0.29, 0.717) is 24.7 Å². The normalized spacial score (nSPS) is 12.9. The molecule has 1 rings (SSSR count). The molecule has 0 aliphatic rings. The molecule has 0 aliphatic carbocycles. The molecular formula is C13H23ClN2O2. The molecule has 0 radical (unpaired) electrons. The predicted octanol–water partition coefficient (Wildman–Crippen LogP) is 2.45. The van der Waals surface area contributed by atoms with Crippen LogP contribution >= 0.6 is 11.6 Å². The van der Waals surface area contributed by atoms with Crippen molar-refractivity contribution in [3.63, 3.8) is 0 Å². The van der Waals surface area contributed by atoms with E-state index in [1.165, 1.54) is 0 Å². The fourth-order valence-electron chi connectivity index (χ4n) is 1.86. The number of aliphatic hydroxyl groups excluding tert-OH is 1. The van der Waals surface area contributed by atoms with Crippen LogP contribution in [-0.2, 0) is 24.1 Å². The lowest BCUT2D eigenvalue weighted by Gasteiger charge is -2.12. The molecule has 1 aromatic rings. The number of ether oxygens (including phenoxy) is 1. The maximum Gasteiger partial charge on any atom is 0.0850 e. The van der Waals surface area contributed by atoms with Gasteiger partial charge in [0.25, 0.3) is 0 Å². The van der Waals surface area contributed by atoms with Crippen molar-refractivity contribution in [2.24, 2.45) is 0 Å². The molecule has 0 spiro atoms. The third kappa shape index (κ3) is 3.97. The van der Waals surface area contributed by atoms with E-state index < -0.39 is 6.10 Å². The van der Waals surface area contributed by atoms with Crippen LogP contribution in [-0.4, -0.2) is 34.2 Å². The van der Waals surface area contributed by atoms with Gasteiger partial charge in [0.2, 0.25) is 0 Å². The van der Waals surface area contributed by atoms with Gasteiger partial charge in [-0.05, 0) is 19.8 Å². The molecule has 0 amide bonds. The minimum atomic E-state index is -0.527. The summed E-state index contributed by atoms with van der Waals surface area (Å²) in [4.78, 5) is 0. The molecule has 0 bridgehead atoms. The average Bonchev–Trinajstić information content (AvgIpc) is 2.66. The highest BCUT2D eigenvalue weighted by Crippen LogP contribution is 2.22. The first-order valence-electron chi connectivity index (χ1n) is 6.63. The summed E-state index contributed by atoms with van der Waals surface area (Å²) in [5.74, 6) is 0. The summed E-state index contributed by atoms with van der Waals surface area (Å²) < 4.78 is 7.21. The summed E-state index contributed by atoms with van der Waals surface area (Å²) in [5.41, 5.74) is 1.80. The smallest absolute Gasteiger partial charge is 0.0850 e. The average molecular weight is 275 g/mol. The highest BCUT2D eigenvalue weighted by atomic mass is 35.5. The van der Waals surface area contributed by atoms with Crippen LogP contribution in [0.3, 0.4) is 0 Å². The van der Waals surface area contributed by atoms with E-state index in [2.05, 4.69) is 5.10 Å². The lowest BCUT2D eigenvalue weighted by atomic mass is 10.2. The lowest BCUT2D eigenvalue weighted by molar-refractivity contribution is 0.0364. The molecule has 1 aromatic heterocycles. The van der Waals surface area contributed by atoms with Crippen molar-refractivity contribution in [3.05, 3.63) is 16.4 Å². The molecule has 18 heavy (non-hydrogen) atoms. The van der Waals surface area contributed by atoms with E-state index in [4.69, 9.17) is 16.3 Å². The second-order valence-corrected chi connectivity index (χ2v) is 4.69. The van der Waals surface area contributed by atoms with Crippen molar-refractivity contribution >= 4 is 11.6 Å². The molecule has 0 saturated carbocycles. The summed E-state index contributed by atoms with van der Waals surface area (Å²) >= 11 is 6.28. The predicted molar refractivity (Wildman–Crippen MR) is 73.1 cm³/mol. The molecule has 0 fully saturated rings. The van der Waals surface area contributed by atoms with E-state index in [9.17, 15) is 5.11 Å². The Balaban J connectivity index is 2.67. The fraction of sp³-hybridized carbons (Fsp3) is 0.769. The second-order valence-electron chi connectivity index (χ2n) is 4.31. The Bertz CT molecular complexity index is 366. The van der Waals surface area contributed by atoms with Gasteiger partial charge >= 0.3 is 0 Å². The van der Waals surface area contributed by atoms with Crippen LogP contribution in [0, 0.1) is 0 Å². The number of hydrogen-bond acceptors (Lipinski definition) is 3. The van der Waals surface area contributed by atoms with Crippen LogP contribution in [0.25, 0.3) is 0 Å². The van der Waals surface area contributed by atoms with Crippen molar-refractivity contribution in [2.75, 3.05) is 13.2 Å². The van der Waals surface area contributed by atoms with Crippen LogP contribution in [0.15, 0.2) is 0 Å². The Kier molecular flexibility index (Phi) is 6.68. The van der Waals surface area contributed by atoms with Gasteiger partial charge in [-0.15, -0.1) is 0 Å². The first-order valence-corrected chi connectivity index (χ1v) is 7.01. The minimum absolute atomic E-state index is 0.348. The van der Waals surface area contributed by atoms with Gasteiger partial charge < -0.3 is 9.84 Å². The SMILES string of the molecule is CCCOCC(O)Cc1c(Cl)c(CC)nn1CC. The van der Waals surface area contributed by atoms with E-state index in [1.54, 1.807) is 0 Å². The van der Waals surface area contributed by atoms with Gasteiger partial charge in [-0.1, -0.05) is 25.4 Å². The van der Waals surface area contributed by atoms with Gasteiger partial charge in [-0.25, -0.2) is 0 Å². The number of halogens is 1. The maximum absolute atomic E-state index is 9.93. The monoisotopic (exact) mass is 274 g/mol. The number of aryl methyl sites for hydroxylation is 2. The molecule has 4 nitrogen and oxygen atoms in total. The number of nitrogens with zero attached hydrogens (tertiary/aromatic N) is 2. The molecule has 0 aliphatic heterocycles. The van der Waals surface area contributed by atoms with E-state index in [-0.39, 0.29) is 0 Å². The van der Waals surface area contributed by atoms with E-state index in [1.807, 2.05) is 25.5 Å². The van der Waals surface area contributed by atoms with Crippen LogP contribution in [0.2, 0.25) is 5.02 Å². The van der Waals surface area contributed by atoms with Crippen molar-refractivity contribution in [1.29, 1.82) is 0 Å². The number of rotatable bonds is 8. The molecule has 5 heteroatoms. The largest absolute Gasteiger partial charge is 0.390 e. The van der Waals surface area contributed by atoms with Gasteiger partial charge in [0.05, 0.1) is 29.1 Å². The van der Waals surface area contributed by atoms with Gasteiger partial charge in [-0.2, -0.15) is 5.10 Å². The van der Waals surface area contributed by atoms with Crippen molar-refractivity contribution in [1.82, 2.24) is 9.78 Å². The van der Waals surface area contributed by atoms with E-state index in [0.717, 1.165) is 30.8 Å². The molecule has 1 atom stereocenters. The molecule has 1 heterocycles. The highest BCUT2D eigenvalue weighted by Gasteiger charge is 2.17. The minimum Gasteiger partial charge on any atom is -0.390 e. The summed E-state index contributed by atoms with van der Waals surface area (Å²) in [5, 5.41) is 15.0.